The van der Waals surface area contributed by atoms with Gasteiger partial charge in [-0.25, -0.2) is 9.97 Å². The van der Waals surface area contributed by atoms with Crippen molar-refractivity contribution in [2.45, 2.75) is 171 Å². The number of rotatable bonds is 18. The van der Waals surface area contributed by atoms with Crippen LogP contribution in [0.4, 0.5) is 0 Å². The first kappa shape index (κ1) is 50.6. The van der Waals surface area contributed by atoms with Crippen LogP contribution in [0.1, 0.15) is 134 Å². The summed E-state index contributed by atoms with van der Waals surface area (Å²) in [5, 5.41) is 6.97. The smallest absolute Gasteiger partial charge is 0.245 e. The van der Waals surface area contributed by atoms with Crippen molar-refractivity contribution in [2.24, 2.45) is 42.6 Å². The molecule has 364 valence electrons. The van der Waals surface area contributed by atoms with Crippen molar-refractivity contribution in [1.29, 1.82) is 0 Å². The second-order valence-electron chi connectivity index (χ2n) is 21.4. The molecule has 6 heterocycles. The maximum Gasteiger partial charge on any atom is 0.245 e. The monoisotopic (exact) mass is 903 g/mol. The van der Waals surface area contributed by atoms with Crippen LogP contribution >= 0.6 is 0 Å². The van der Waals surface area contributed by atoms with Crippen molar-refractivity contribution >= 4 is 23.6 Å². The molecular formula is C51H86N10O4. The van der Waals surface area contributed by atoms with E-state index in [1.165, 1.54) is 11.4 Å². The molecule has 4 aliphatic heterocycles. The molecule has 6 atom stereocenters. The summed E-state index contributed by atoms with van der Waals surface area (Å²) >= 11 is 0. The van der Waals surface area contributed by atoms with Gasteiger partial charge in [0.25, 0.3) is 0 Å². The van der Waals surface area contributed by atoms with Crippen LogP contribution in [0.15, 0.2) is 0 Å². The molecule has 14 nitrogen and oxygen atoms in total. The Morgan fingerprint density at radius 2 is 1.08 bits per heavy atom. The summed E-state index contributed by atoms with van der Waals surface area (Å²) in [5.41, 5.74) is 4.60. The van der Waals surface area contributed by atoms with E-state index in [0.29, 0.717) is 89.4 Å². The minimum absolute atomic E-state index is 0.00139. The third kappa shape index (κ3) is 12.0. The largest absolute Gasteiger partial charge is 0.341 e. The Morgan fingerprint density at radius 1 is 0.615 bits per heavy atom. The zero-order valence-electron chi connectivity index (χ0n) is 42.4. The lowest BCUT2D eigenvalue weighted by Gasteiger charge is -2.43. The van der Waals surface area contributed by atoms with Gasteiger partial charge in [0.15, 0.2) is 0 Å². The number of carbonyl (C=O) groups excluding carboxylic acids is 4. The van der Waals surface area contributed by atoms with Crippen LogP contribution in [-0.2, 0) is 45.6 Å². The van der Waals surface area contributed by atoms with E-state index < -0.39 is 18.1 Å². The molecule has 0 radical (unpaired) electrons. The second kappa shape index (κ2) is 22.3. The van der Waals surface area contributed by atoms with Crippen molar-refractivity contribution in [3.05, 3.63) is 34.4 Å². The van der Waals surface area contributed by atoms with Crippen LogP contribution in [0.3, 0.4) is 0 Å². The topological polar surface area (TPSA) is 141 Å². The lowest BCUT2D eigenvalue weighted by atomic mass is 9.83. The highest BCUT2D eigenvalue weighted by Crippen LogP contribution is 2.31. The van der Waals surface area contributed by atoms with Crippen molar-refractivity contribution < 1.29 is 19.2 Å². The Balaban J connectivity index is 1.09. The average molecular weight is 903 g/mol. The van der Waals surface area contributed by atoms with Gasteiger partial charge >= 0.3 is 0 Å². The third-order valence-electron chi connectivity index (χ3n) is 15.9. The number of piperazine rings is 2. The highest BCUT2D eigenvalue weighted by atomic mass is 16.2. The normalized spacial score (nSPS) is 22.6. The van der Waals surface area contributed by atoms with Crippen molar-refractivity contribution in [3.63, 3.8) is 0 Å². The summed E-state index contributed by atoms with van der Waals surface area (Å²) in [4.78, 5) is 75.4. The van der Waals surface area contributed by atoms with Gasteiger partial charge < -0.3 is 39.4 Å². The Bertz CT molecular complexity index is 1940. The number of hydrogen-bond acceptors (Lipinski definition) is 8. The molecule has 4 saturated heterocycles. The zero-order valence-corrected chi connectivity index (χ0v) is 42.4. The van der Waals surface area contributed by atoms with Crippen LogP contribution in [0, 0.1) is 63.2 Å². The molecule has 6 rings (SSSR count). The SMILES string of the molecule is CCn1c(CC2CCN(C(=O)[C@H](CC(C)C)N3CCNC(CC(C)C(C)C[C@@H](C(=O)N4CCC(Cc5nc(C)c(C)n5C)CC4)N4CCNC(CC(C)C)C4=O)C3=O)CC2)nc(C)c1C. The summed E-state index contributed by atoms with van der Waals surface area (Å²) in [7, 11) is 2.09. The van der Waals surface area contributed by atoms with Gasteiger partial charge in [0.05, 0.1) is 23.5 Å². The third-order valence-corrected chi connectivity index (χ3v) is 15.9. The lowest BCUT2D eigenvalue weighted by molar-refractivity contribution is -0.151. The van der Waals surface area contributed by atoms with E-state index in [0.717, 1.165) is 74.5 Å². The molecular weight excluding hydrogens is 817 g/mol. The highest BCUT2D eigenvalue weighted by Gasteiger charge is 2.43. The predicted molar refractivity (Wildman–Crippen MR) is 257 cm³/mol. The maximum absolute atomic E-state index is 14.8. The Morgan fingerprint density at radius 3 is 1.54 bits per heavy atom. The van der Waals surface area contributed by atoms with E-state index in [4.69, 9.17) is 9.97 Å². The van der Waals surface area contributed by atoms with Gasteiger partial charge in [-0.1, -0.05) is 41.5 Å². The zero-order chi connectivity index (χ0) is 47.3. The van der Waals surface area contributed by atoms with Crippen LogP contribution in [0.25, 0.3) is 0 Å². The molecule has 0 aromatic carbocycles. The van der Waals surface area contributed by atoms with Crippen LogP contribution < -0.4 is 10.6 Å². The molecule has 4 fully saturated rings. The molecule has 2 aromatic rings. The molecule has 14 heteroatoms. The average Bonchev–Trinajstić information content (AvgIpc) is 3.68. The molecule has 4 amide bonds. The highest BCUT2D eigenvalue weighted by molar-refractivity contribution is 5.91. The molecule has 65 heavy (non-hydrogen) atoms. The standard InChI is InChI=1S/C51H86N10O4/c1-13-59-39(11)37(9)55-47(59)31-41-16-22-57(23-17-41)50(64)44(27-33(4)5)60-24-19-53-43(49(60)63)28-34(6)35(7)29-45(61-25-18-52-42(48(61)62)26-32(2)3)51(65)58-20-14-40(15-21-58)30-46-54-36(8)38(10)56(46)12/h32-35,40-45,52-53H,13-31H2,1-12H3/t34?,35?,42?,43?,44-,45-/m0/s1. The van der Waals surface area contributed by atoms with Crippen LogP contribution in [0.5, 0.6) is 0 Å². The van der Waals surface area contributed by atoms with Gasteiger partial charge in [-0.05, 0) is 121 Å². The molecule has 2 N–H and O–H groups in total. The van der Waals surface area contributed by atoms with Crippen molar-refractivity contribution in [1.82, 2.24) is 49.3 Å². The number of aromatic nitrogens is 4. The predicted octanol–water partition coefficient (Wildman–Crippen LogP) is 5.62. The Hall–Kier alpha value is -3.78. The minimum atomic E-state index is -0.557. The number of carbonyl (C=O) groups is 4. The summed E-state index contributed by atoms with van der Waals surface area (Å²) in [6.45, 7) is 29.5. The van der Waals surface area contributed by atoms with E-state index in [1.54, 1.807) is 0 Å². The Labute approximate surface area is 391 Å². The number of aryl methyl sites for hydroxylation is 2. The molecule has 2 aromatic heterocycles. The number of amides is 4. The van der Waals surface area contributed by atoms with E-state index in [9.17, 15) is 19.2 Å². The van der Waals surface area contributed by atoms with Gasteiger partial charge in [0.2, 0.25) is 23.6 Å². The van der Waals surface area contributed by atoms with Crippen molar-refractivity contribution in [3.8, 4) is 0 Å². The number of nitrogens with one attached hydrogen (secondary N) is 2. The van der Waals surface area contributed by atoms with E-state index >= 15 is 0 Å². The first-order valence-electron chi connectivity index (χ1n) is 25.5. The summed E-state index contributed by atoms with van der Waals surface area (Å²) in [5.74, 6) is 4.10. The fraction of sp³-hybridized carbons (Fsp3) is 0.804. The van der Waals surface area contributed by atoms with Gasteiger partial charge in [0.1, 0.15) is 23.7 Å². The van der Waals surface area contributed by atoms with Gasteiger partial charge in [-0.3, -0.25) is 19.2 Å². The first-order chi connectivity index (χ1) is 30.9. The lowest BCUT2D eigenvalue weighted by Crippen LogP contribution is -2.63. The van der Waals surface area contributed by atoms with E-state index in [-0.39, 0.29) is 47.4 Å². The first-order valence-corrected chi connectivity index (χ1v) is 25.5. The number of piperidine rings is 2. The number of likely N-dealkylation sites (tertiary alicyclic amines) is 2. The molecule has 4 aliphatic rings. The van der Waals surface area contributed by atoms with Crippen molar-refractivity contribution in [2.75, 3.05) is 52.4 Å². The van der Waals surface area contributed by atoms with E-state index in [2.05, 4.69) is 103 Å². The Kier molecular flexibility index (Phi) is 17.4. The quantitative estimate of drug-likeness (QED) is 0.197. The number of nitrogens with zero attached hydrogens (tertiary/aromatic N) is 8. The summed E-state index contributed by atoms with van der Waals surface area (Å²) < 4.78 is 4.52. The van der Waals surface area contributed by atoms with E-state index in [1.807, 2.05) is 19.6 Å². The molecule has 0 aliphatic carbocycles. The molecule has 0 bridgehead atoms. The summed E-state index contributed by atoms with van der Waals surface area (Å²) in [6, 6.07) is -1.76. The van der Waals surface area contributed by atoms with Gasteiger partial charge in [-0.2, -0.15) is 0 Å². The summed E-state index contributed by atoms with van der Waals surface area (Å²) in [6.07, 6.45) is 8.04. The van der Waals surface area contributed by atoms with Crippen LogP contribution in [0.2, 0.25) is 0 Å². The van der Waals surface area contributed by atoms with Gasteiger partial charge in [-0.15, -0.1) is 0 Å². The molecule has 4 unspecified atom stereocenters. The molecule has 0 spiro atoms. The minimum Gasteiger partial charge on any atom is -0.341 e. The van der Waals surface area contributed by atoms with Gasteiger partial charge in [0, 0.05) is 90.2 Å². The maximum atomic E-state index is 14.8. The number of hydrogen-bond donors (Lipinski definition) is 2. The fourth-order valence-electron chi connectivity index (χ4n) is 11.3. The van der Waals surface area contributed by atoms with Crippen LogP contribution in [-0.4, -0.2) is 139 Å². The second-order valence-corrected chi connectivity index (χ2v) is 21.4. The molecule has 0 saturated carbocycles. The fourth-order valence-corrected chi connectivity index (χ4v) is 11.3. The number of imidazole rings is 2.